The van der Waals surface area contributed by atoms with Crippen molar-refractivity contribution in [2.24, 2.45) is 0 Å². The maximum atomic E-state index is 11.4. The fourth-order valence-electron chi connectivity index (χ4n) is 1.43. The molecule has 4 heteroatoms. The van der Waals surface area contributed by atoms with Gasteiger partial charge in [-0.3, -0.25) is 0 Å². The van der Waals surface area contributed by atoms with Crippen molar-refractivity contribution in [1.29, 1.82) is 0 Å². The van der Waals surface area contributed by atoms with Crippen LogP contribution in [0, 0.1) is 0 Å². The lowest BCUT2D eigenvalue weighted by Gasteiger charge is -2.38. The molecule has 17 heavy (non-hydrogen) atoms. The van der Waals surface area contributed by atoms with Gasteiger partial charge in [-0.25, -0.2) is 4.79 Å². The first-order chi connectivity index (χ1) is 7.83. The Morgan fingerprint density at radius 1 is 1.35 bits per heavy atom. The fourth-order valence-corrected chi connectivity index (χ4v) is 1.55. The number of hydrogen-bond donors (Lipinski definition) is 1. The molecule has 0 spiro atoms. The molecule has 0 radical (unpaired) electrons. The predicted octanol–water partition coefficient (Wildman–Crippen LogP) is 3.32. The monoisotopic (exact) mass is 256 g/mol. The van der Waals surface area contributed by atoms with Crippen LogP contribution in [-0.2, 0) is 4.79 Å². The second kappa shape index (κ2) is 4.96. The van der Waals surface area contributed by atoms with E-state index in [-0.39, 0.29) is 0 Å². The molecule has 0 bridgehead atoms. The van der Waals surface area contributed by atoms with Crippen molar-refractivity contribution in [3.05, 3.63) is 30.3 Å². The van der Waals surface area contributed by atoms with E-state index >= 15 is 0 Å². The Kier molecular flexibility index (Phi) is 4.04. The molecule has 2 unspecified atom stereocenters. The second-order valence-electron chi connectivity index (χ2n) is 4.30. The molecule has 3 nitrogen and oxygen atoms in total. The summed E-state index contributed by atoms with van der Waals surface area (Å²) in [6, 6.07) is 8.84. The van der Waals surface area contributed by atoms with Crippen LogP contribution >= 0.6 is 11.6 Å². The molecule has 2 atom stereocenters. The van der Waals surface area contributed by atoms with E-state index in [2.05, 4.69) is 0 Å². The zero-order valence-electron chi connectivity index (χ0n) is 10.2. The van der Waals surface area contributed by atoms with Gasteiger partial charge in [0.2, 0.25) is 5.60 Å². The summed E-state index contributed by atoms with van der Waals surface area (Å²) in [5.41, 5.74) is -1.47. The molecule has 1 N–H and O–H groups in total. The number of rotatable bonds is 5. The highest BCUT2D eigenvalue weighted by Crippen LogP contribution is 2.36. The highest BCUT2D eigenvalue weighted by Gasteiger charge is 2.51. The Labute approximate surface area is 106 Å². The van der Waals surface area contributed by atoms with Crippen molar-refractivity contribution in [1.82, 2.24) is 0 Å². The molecule has 0 heterocycles. The zero-order chi connectivity index (χ0) is 13.1. The van der Waals surface area contributed by atoms with Crippen LogP contribution in [0.1, 0.15) is 27.2 Å². The maximum absolute atomic E-state index is 11.4. The van der Waals surface area contributed by atoms with E-state index in [9.17, 15) is 9.90 Å². The summed E-state index contributed by atoms with van der Waals surface area (Å²) in [5, 5.41) is 9.35. The van der Waals surface area contributed by atoms with Gasteiger partial charge in [0.1, 0.15) is 5.75 Å². The molecule has 0 amide bonds. The van der Waals surface area contributed by atoms with Crippen molar-refractivity contribution >= 4 is 17.6 Å². The number of halogens is 1. The van der Waals surface area contributed by atoms with E-state index in [1.54, 1.807) is 31.2 Å². The molecule has 1 aromatic rings. The average Bonchev–Trinajstić information content (AvgIpc) is 2.29. The first kappa shape index (κ1) is 13.8. The number of aliphatic carboxylic acids is 1. The van der Waals surface area contributed by atoms with Crippen molar-refractivity contribution in [3.63, 3.8) is 0 Å². The first-order valence-corrected chi connectivity index (χ1v) is 5.87. The van der Waals surface area contributed by atoms with Gasteiger partial charge in [-0.1, -0.05) is 25.1 Å². The lowest BCUT2D eigenvalue weighted by Crippen LogP contribution is -2.56. The Hall–Kier alpha value is -1.22. The fraction of sp³-hybridized carbons (Fsp3) is 0.462. The summed E-state index contributed by atoms with van der Waals surface area (Å²) in [6.45, 7) is 5.01. The summed E-state index contributed by atoms with van der Waals surface area (Å²) in [7, 11) is 0. The molecule has 1 aromatic carbocycles. The number of hydrogen-bond acceptors (Lipinski definition) is 2. The Bertz CT molecular complexity index is 389. The third-order valence-electron chi connectivity index (χ3n) is 3.13. The normalized spacial score (nSPS) is 17.9. The summed E-state index contributed by atoms with van der Waals surface area (Å²) in [6.07, 6.45) is 0.490. The second-order valence-corrected chi connectivity index (χ2v) is 5.14. The number of carboxylic acids is 1. The van der Waals surface area contributed by atoms with Crippen LogP contribution in [0.3, 0.4) is 0 Å². The van der Waals surface area contributed by atoms with Crippen LogP contribution in [0.25, 0.3) is 0 Å². The molecule has 94 valence electrons. The van der Waals surface area contributed by atoms with Crippen LogP contribution in [0.5, 0.6) is 5.75 Å². The van der Waals surface area contributed by atoms with Crippen LogP contribution in [-0.4, -0.2) is 21.6 Å². The number of carboxylic acid groups (broad SMARTS) is 1. The molecule has 1 rings (SSSR count). The summed E-state index contributed by atoms with van der Waals surface area (Å²) >= 11 is 6.27. The molecule has 0 saturated carbocycles. The van der Waals surface area contributed by atoms with Crippen molar-refractivity contribution in [3.8, 4) is 5.75 Å². The van der Waals surface area contributed by atoms with Gasteiger partial charge in [-0.05, 0) is 32.4 Å². The van der Waals surface area contributed by atoms with Gasteiger partial charge >= 0.3 is 5.97 Å². The highest BCUT2D eigenvalue weighted by molar-refractivity contribution is 6.26. The SMILES string of the molecule is CCC(C)(Cl)C(C)(Oc1ccccc1)C(=O)O. The number of alkyl halides is 1. The average molecular weight is 257 g/mol. The lowest BCUT2D eigenvalue weighted by atomic mass is 9.87. The largest absolute Gasteiger partial charge is 0.478 e. The Morgan fingerprint density at radius 3 is 2.29 bits per heavy atom. The smallest absolute Gasteiger partial charge is 0.349 e. The lowest BCUT2D eigenvalue weighted by molar-refractivity contribution is -0.156. The zero-order valence-corrected chi connectivity index (χ0v) is 11.0. The van der Waals surface area contributed by atoms with Gasteiger partial charge < -0.3 is 9.84 Å². The minimum Gasteiger partial charge on any atom is -0.478 e. The van der Waals surface area contributed by atoms with Gasteiger partial charge in [-0.2, -0.15) is 0 Å². The van der Waals surface area contributed by atoms with Crippen molar-refractivity contribution in [2.45, 2.75) is 37.7 Å². The highest BCUT2D eigenvalue weighted by atomic mass is 35.5. The summed E-state index contributed by atoms with van der Waals surface area (Å²) in [5.74, 6) is -0.571. The standard InChI is InChI=1S/C13H17ClO3/c1-4-12(2,14)13(3,11(15)16)17-10-8-6-5-7-9-10/h5-9H,4H2,1-3H3,(H,15,16). The van der Waals surface area contributed by atoms with Crippen LogP contribution < -0.4 is 4.74 Å². The van der Waals surface area contributed by atoms with Gasteiger partial charge in [0.05, 0.1) is 4.87 Å². The third-order valence-corrected chi connectivity index (χ3v) is 3.76. The molecule has 0 aliphatic heterocycles. The quantitative estimate of drug-likeness (QED) is 0.822. The van der Waals surface area contributed by atoms with Gasteiger partial charge in [0.15, 0.2) is 0 Å². The minimum absolute atomic E-state index is 0.490. The molecule has 0 aromatic heterocycles. The Morgan fingerprint density at radius 2 is 1.88 bits per heavy atom. The topological polar surface area (TPSA) is 46.5 Å². The van der Waals surface area contributed by atoms with Crippen molar-refractivity contribution in [2.75, 3.05) is 0 Å². The van der Waals surface area contributed by atoms with E-state index in [1.165, 1.54) is 6.92 Å². The number of ether oxygens (including phenoxy) is 1. The van der Waals surface area contributed by atoms with E-state index in [0.29, 0.717) is 12.2 Å². The molecule has 0 aliphatic rings. The van der Waals surface area contributed by atoms with Gasteiger partial charge in [-0.15, -0.1) is 11.6 Å². The molecule has 0 aliphatic carbocycles. The van der Waals surface area contributed by atoms with Crippen LogP contribution in [0.15, 0.2) is 30.3 Å². The molecule has 0 fully saturated rings. The van der Waals surface area contributed by atoms with Gasteiger partial charge in [0, 0.05) is 0 Å². The predicted molar refractivity (Wildman–Crippen MR) is 67.7 cm³/mol. The molecular weight excluding hydrogens is 240 g/mol. The van der Waals surface area contributed by atoms with Crippen molar-refractivity contribution < 1.29 is 14.6 Å². The minimum atomic E-state index is -1.47. The maximum Gasteiger partial charge on any atom is 0.349 e. The van der Waals surface area contributed by atoms with Crippen LogP contribution in [0.2, 0.25) is 0 Å². The van der Waals surface area contributed by atoms with Crippen LogP contribution in [0.4, 0.5) is 0 Å². The van der Waals surface area contributed by atoms with Gasteiger partial charge in [0.25, 0.3) is 0 Å². The summed E-state index contributed by atoms with van der Waals surface area (Å²) < 4.78 is 5.59. The molecule has 0 saturated heterocycles. The number of benzene rings is 1. The summed E-state index contributed by atoms with van der Waals surface area (Å²) in [4.78, 5) is 10.4. The molecular formula is C13H17ClO3. The number of carbonyl (C=O) groups is 1. The number of para-hydroxylation sites is 1. The van der Waals surface area contributed by atoms with E-state index < -0.39 is 16.4 Å². The first-order valence-electron chi connectivity index (χ1n) is 5.50. The van der Waals surface area contributed by atoms with E-state index in [1.807, 2.05) is 13.0 Å². The van der Waals surface area contributed by atoms with E-state index in [0.717, 1.165) is 0 Å². The Balaban J connectivity index is 3.06. The van der Waals surface area contributed by atoms with E-state index in [4.69, 9.17) is 16.3 Å². The third kappa shape index (κ3) is 2.72.